The van der Waals surface area contributed by atoms with Gasteiger partial charge in [0, 0.05) is 5.56 Å². The van der Waals surface area contributed by atoms with Crippen LogP contribution in [0.3, 0.4) is 0 Å². The number of hydrogen-bond acceptors (Lipinski definition) is 7. The number of benzene rings is 1. The Bertz CT molecular complexity index is 680. The van der Waals surface area contributed by atoms with Crippen molar-refractivity contribution in [2.24, 2.45) is 0 Å². The Morgan fingerprint density at radius 2 is 1.93 bits per heavy atom. The fraction of sp³-hybridized carbons (Fsp3) is 0.444. The zero-order chi connectivity index (χ0) is 20.2. The molecule has 1 unspecified atom stereocenters. The molecule has 0 heterocycles. The van der Waals surface area contributed by atoms with Crippen molar-refractivity contribution >= 4 is 35.6 Å². The summed E-state index contributed by atoms with van der Waals surface area (Å²) in [7, 11) is 0. The van der Waals surface area contributed by atoms with Gasteiger partial charge in [0.2, 0.25) is 0 Å². The lowest BCUT2D eigenvalue weighted by molar-refractivity contribution is -0.150. The third-order valence-corrected chi connectivity index (χ3v) is 3.99. The molecule has 9 heteroatoms. The van der Waals surface area contributed by atoms with Crippen molar-refractivity contribution < 1.29 is 28.7 Å². The number of thioether (sulfide) groups is 1. The molecule has 1 rings (SSSR count). The van der Waals surface area contributed by atoms with Crippen LogP contribution < -0.4 is 10.6 Å². The monoisotopic (exact) mass is 396 g/mol. The van der Waals surface area contributed by atoms with Crippen molar-refractivity contribution in [2.45, 2.75) is 26.3 Å². The van der Waals surface area contributed by atoms with Gasteiger partial charge >= 0.3 is 12.1 Å². The van der Waals surface area contributed by atoms with E-state index < -0.39 is 36.5 Å². The molecule has 148 valence electrons. The number of aryl methyl sites for hydroxylation is 1. The molecule has 27 heavy (non-hydrogen) atoms. The van der Waals surface area contributed by atoms with Gasteiger partial charge in [0.05, 0.1) is 6.61 Å². The van der Waals surface area contributed by atoms with Gasteiger partial charge in [-0.25, -0.2) is 9.59 Å². The Hall–Kier alpha value is -2.55. The second-order valence-corrected chi connectivity index (χ2v) is 6.54. The van der Waals surface area contributed by atoms with Crippen molar-refractivity contribution in [3.8, 4) is 0 Å². The van der Waals surface area contributed by atoms with Gasteiger partial charge < -0.3 is 14.8 Å². The molecule has 3 amide bonds. The molecule has 8 nitrogen and oxygen atoms in total. The topological polar surface area (TPSA) is 111 Å². The van der Waals surface area contributed by atoms with E-state index in [0.717, 1.165) is 5.56 Å². The minimum absolute atomic E-state index is 0.112. The predicted molar refractivity (Wildman–Crippen MR) is 102 cm³/mol. The van der Waals surface area contributed by atoms with Crippen LogP contribution in [0.2, 0.25) is 0 Å². The van der Waals surface area contributed by atoms with Crippen molar-refractivity contribution in [3.63, 3.8) is 0 Å². The van der Waals surface area contributed by atoms with Crippen LogP contribution in [-0.4, -0.2) is 55.1 Å². The number of ether oxygens (including phenoxy) is 2. The average Bonchev–Trinajstić information content (AvgIpc) is 2.63. The number of imide groups is 1. The molecule has 1 aromatic rings. The van der Waals surface area contributed by atoms with Gasteiger partial charge in [-0.3, -0.25) is 14.9 Å². The molecule has 1 aromatic carbocycles. The fourth-order valence-electron chi connectivity index (χ4n) is 2.07. The number of alkyl carbamates (subject to hydrolysis) is 1. The highest BCUT2D eigenvalue weighted by Crippen LogP contribution is 2.07. The second-order valence-electron chi connectivity index (χ2n) is 5.55. The van der Waals surface area contributed by atoms with Gasteiger partial charge in [-0.1, -0.05) is 17.7 Å². The molecule has 1 atom stereocenters. The molecular weight excluding hydrogens is 372 g/mol. The average molecular weight is 396 g/mol. The lowest BCUT2D eigenvalue weighted by atomic mass is 10.1. The van der Waals surface area contributed by atoms with Gasteiger partial charge in [-0.05, 0) is 44.4 Å². The molecule has 0 saturated heterocycles. The summed E-state index contributed by atoms with van der Waals surface area (Å²) in [6.45, 7) is 2.92. The van der Waals surface area contributed by atoms with Gasteiger partial charge in [0.25, 0.3) is 11.8 Å². The summed E-state index contributed by atoms with van der Waals surface area (Å²) in [5.74, 6) is -1.35. The molecular formula is C18H24N2O6S. The summed E-state index contributed by atoms with van der Waals surface area (Å²) < 4.78 is 9.48. The van der Waals surface area contributed by atoms with Gasteiger partial charge in [0.15, 0.2) is 6.61 Å². The van der Waals surface area contributed by atoms with Crippen molar-refractivity contribution in [3.05, 3.63) is 35.4 Å². The van der Waals surface area contributed by atoms with Crippen LogP contribution in [0.4, 0.5) is 4.79 Å². The van der Waals surface area contributed by atoms with Gasteiger partial charge in [-0.15, -0.1) is 0 Å². The molecule has 0 aliphatic heterocycles. The minimum Gasteiger partial charge on any atom is -0.454 e. The lowest BCUT2D eigenvalue weighted by Crippen LogP contribution is -2.43. The first kappa shape index (κ1) is 22.5. The maximum Gasteiger partial charge on any atom is 0.413 e. The Morgan fingerprint density at radius 1 is 1.19 bits per heavy atom. The highest BCUT2D eigenvalue weighted by atomic mass is 32.2. The maximum absolute atomic E-state index is 12.4. The highest BCUT2D eigenvalue weighted by Gasteiger charge is 2.23. The minimum atomic E-state index is -0.912. The third-order valence-electron chi connectivity index (χ3n) is 3.34. The molecule has 0 aliphatic carbocycles. The van der Waals surface area contributed by atoms with Crippen LogP contribution in [0.15, 0.2) is 24.3 Å². The molecule has 0 aliphatic rings. The zero-order valence-corrected chi connectivity index (χ0v) is 16.4. The van der Waals surface area contributed by atoms with E-state index in [0.29, 0.717) is 17.7 Å². The normalized spacial score (nSPS) is 11.2. The summed E-state index contributed by atoms with van der Waals surface area (Å²) in [5.41, 5.74) is 1.35. The smallest absolute Gasteiger partial charge is 0.413 e. The van der Waals surface area contributed by atoms with E-state index >= 15 is 0 Å². The number of carbonyl (C=O) groups excluding carboxylic acids is 4. The Kier molecular flexibility index (Phi) is 9.95. The number of rotatable bonds is 9. The SMILES string of the molecule is CCOC(=O)NC(=O)COC(=O)C(CCSC)NC(=O)c1cccc(C)c1. The first-order chi connectivity index (χ1) is 12.9. The quantitative estimate of drug-likeness (QED) is 0.611. The van der Waals surface area contributed by atoms with Crippen molar-refractivity contribution in [2.75, 3.05) is 25.2 Å². The van der Waals surface area contributed by atoms with E-state index in [1.165, 1.54) is 11.8 Å². The molecule has 0 radical (unpaired) electrons. The third kappa shape index (κ3) is 8.59. The van der Waals surface area contributed by atoms with Gasteiger partial charge in [-0.2, -0.15) is 11.8 Å². The fourth-order valence-corrected chi connectivity index (χ4v) is 2.54. The van der Waals surface area contributed by atoms with E-state index in [2.05, 4.69) is 10.1 Å². The first-order valence-corrected chi connectivity index (χ1v) is 9.76. The van der Waals surface area contributed by atoms with E-state index in [1.54, 1.807) is 25.1 Å². The van der Waals surface area contributed by atoms with Crippen LogP contribution in [-0.2, 0) is 19.1 Å². The van der Waals surface area contributed by atoms with Crippen molar-refractivity contribution in [1.82, 2.24) is 10.6 Å². The predicted octanol–water partition coefficient (Wildman–Crippen LogP) is 1.66. The number of esters is 1. The van der Waals surface area contributed by atoms with E-state index in [9.17, 15) is 19.2 Å². The Morgan fingerprint density at radius 3 is 2.56 bits per heavy atom. The van der Waals surface area contributed by atoms with Crippen molar-refractivity contribution in [1.29, 1.82) is 0 Å². The molecule has 0 saturated carbocycles. The largest absolute Gasteiger partial charge is 0.454 e. The summed E-state index contributed by atoms with van der Waals surface area (Å²) in [6, 6.07) is 6.06. The first-order valence-electron chi connectivity index (χ1n) is 8.37. The summed E-state index contributed by atoms with van der Waals surface area (Å²) in [5, 5.41) is 4.55. The summed E-state index contributed by atoms with van der Waals surface area (Å²) >= 11 is 1.51. The number of amides is 3. The Balaban J connectivity index is 2.64. The van der Waals surface area contributed by atoms with E-state index in [4.69, 9.17) is 4.74 Å². The number of nitrogens with one attached hydrogen (secondary N) is 2. The molecule has 0 fully saturated rings. The van der Waals surface area contributed by atoms with Crippen LogP contribution in [0.25, 0.3) is 0 Å². The molecule has 0 spiro atoms. The number of carbonyl (C=O) groups is 4. The molecule has 2 N–H and O–H groups in total. The maximum atomic E-state index is 12.4. The lowest BCUT2D eigenvalue weighted by Gasteiger charge is -2.17. The van der Waals surface area contributed by atoms with Crippen LogP contribution in [0.1, 0.15) is 29.3 Å². The summed E-state index contributed by atoms with van der Waals surface area (Å²) in [6.07, 6.45) is 1.31. The van der Waals surface area contributed by atoms with E-state index in [1.807, 2.05) is 24.6 Å². The zero-order valence-electron chi connectivity index (χ0n) is 15.6. The van der Waals surface area contributed by atoms with Gasteiger partial charge in [0.1, 0.15) is 6.04 Å². The highest BCUT2D eigenvalue weighted by molar-refractivity contribution is 7.98. The van der Waals surface area contributed by atoms with Crippen LogP contribution in [0, 0.1) is 6.92 Å². The summed E-state index contributed by atoms with van der Waals surface area (Å²) in [4.78, 5) is 47.3. The van der Waals surface area contributed by atoms with E-state index in [-0.39, 0.29) is 6.61 Å². The standard InChI is InChI=1S/C18H24N2O6S/c1-4-25-18(24)20-15(21)11-26-17(23)14(8-9-27-3)19-16(22)13-7-5-6-12(2)10-13/h5-7,10,14H,4,8-9,11H2,1-3H3,(H,19,22)(H,20,21,24). The second kappa shape index (κ2) is 11.9. The Labute approximate surface area is 162 Å². The number of hydrogen-bond donors (Lipinski definition) is 2. The van der Waals surface area contributed by atoms with Crippen LogP contribution >= 0.6 is 11.8 Å². The molecule has 0 bridgehead atoms. The molecule has 0 aromatic heterocycles. The van der Waals surface area contributed by atoms with Crippen LogP contribution in [0.5, 0.6) is 0 Å².